The van der Waals surface area contributed by atoms with Crippen LogP contribution in [0.25, 0.3) is 11.1 Å². The van der Waals surface area contributed by atoms with Crippen molar-refractivity contribution in [2.75, 3.05) is 51.3 Å². The Morgan fingerprint density at radius 3 is 2.83 bits per heavy atom. The average Bonchev–Trinajstić information content (AvgIpc) is 2.70. The highest BCUT2D eigenvalue weighted by Crippen LogP contribution is 2.25. The molecular weight excluding hydrogens is 377 g/mol. The Morgan fingerprint density at radius 1 is 1.31 bits per heavy atom. The first-order valence-corrected chi connectivity index (χ1v) is 9.57. The number of hydrogen-bond donors (Lipinski definition) is 1. The molecule has 0 amide bonds. The lowest BCUT2D eigenvalue weighted by Crippen LogP contribution is -2.48. The van der Waals surface area contributed by atoms with Crippen molar-refractivity contribution in [3.05, 3.63) is 42.0 Å². The van der Waals surface area contributed by atoms with E-state index in [0.717, 1.165) is 25.4 Å². The van der Waals surface area contributed by atoms with Crippen LogP contribution in [0, 0.1) is 5.82 Å². The van der Waals surface area contributed by atoms with Gasteiger partial charge in [-0.1, -0.05) is 23.4 Å². The fourth-order valence-electron chi connectivity index (χ4n) is 3.32. The summed E-state index contributed by atoms with van der Waals surface area (Å²) in [6, 6.07) is 4.90. The smallest absolute Gasteiger partial charge is 0.225 e. The second kappa shape index (κ2) is 8.81. The monoisotopic (exact) mass is 401 g/mol. The van der Waals surface area contributed by atoms with Crippen LogP contribution in [0.4, 0.5) is 10.3 Å². The number of halogens is 1. The number of morpholine rings is 1. The Kier molecular flexibility index (Phi) is 5.98. The van der Waals surface area contributed by atoms with Crippen molar-refractivity contribution in [3.63, 3.8) is 0 Å². The zero-order valence-corrected chi connectivity index (χ0v) is 16.3. The molecule has 0 aliphatic carbocycles. The minimum absolute atomic E-state index is 0.0508. The molecule has 2 aromatic rings. The maximum atomic E-state index is 14.4. The lowest BCUT2D eigenvalue weighted by atomic mass is 10.1. The third-order valence-electron chi connectivity index (χ3n) is 5.02. The van der Waals surface area contributed by atoms with E-state index in [1.165, 1.54) is 0 Å². The molecule has 3 heterocycles. The van der Waals surface area contributed by atoms with E-state index in [0.29, 0.717) is 36.8 Å². The van der Waals surface area contributed by atoms with Gasteiger partial charge in [-0.2, -0.15) is 0 Å². The number of hydrogen-bond acceptors (Lipinski definition) is 8. The van der Waals surface area contributed by atoms with E-state index in [-0.39, 0.29) is 18.3 Å². The summed E-state index contributed by atoms with van der Waals surface area (Å²) in [4.78, 5) is 18.3. The van der Waals surface area contributed by atoms with Crippen molar-refractivity contribution in [3.8, 4) is 11.1 Å². The first-order valence-electron chi connectivity index (χ1n) is 9.57. The number of aliphatic hydroxyl groups is 1. The summed E-state index contributed by atoms with van der Waals surface area (Å²) < 4.78 is 20.0. The molecule has 2 aliphatic rings. The van der Waals surface area contributed by atoms with E-state index < -0.39 is 5.82 Å². The number of ether oxygens (including phenoxy) is 1. The zero-order valence-electron chi connectivity index (χ0n) is 16.3. The molecule has 0 bridgehead atoms. The highest BCUT2D eigenvalue weighted by atomic mass is 19.1. The van der Waals surface area contributed by atoms with Gasteiger partial charge in [-0.25, -0.2) is 14.4 Å². The van der Waals surface area contributed by atoms with Crippen LogP contribution in [0.1, 0.15) is 5.56 Å². The maximum absolute atomic E-state index is 14.4. The summed E-state index contributed by atoms with van der Waals surface area (Å²) >= 11 is 0. The molecule has 4 rings (SSSR count). The molecule has 2 saturated heterocycles. The highest BCUT2D eigenvalue weighted by molar-refractivity contribution is 5.98. The van der Waals surface area contributed by atoms with Gasteiger partial charge in [-0.3, -0.25) is 0 Å². The second-order valence-corrected chi connectivity index (χ2v) is 7.27. The van der Waals surface area contributed by atoms with E-state index in [1.54, 1.807) is 30.6 Å². The Balaban J connectivity index is 1.30. The first kappa shape index (κ1) is 19.7. The summed E-state index contributed by atoms with van der Waals surface area (Å²) in [6.45, 7) is 3.80. The Labute approximate surface area is 168 Å². The molecule has 2 aliphatic heterocycles. The summed E-state index contributed by atoms with van der Waals surface area (Å²) in [7, 11) is 2.06. The van der Waals surface area contributed by atoms with E-state index >= 15 is 0 Å². The van der Waals surface area contributed by atoms with Gasteiger partial charge in [0.1, 0.15) is 18.5 Å². The Bertz CT molecular complexity index is 869. The number of oxime groups is 1. The van der Waals surface area contributed by atoms with Crippen LogP contribution >= 0.6 is 0 Å². The van der Waals surface area contributed by atoms with Crippen LogP contribution in [0.2, 0.25) is 0 Å². The maximum Gasteiger partial charge on any atom is 0.225 e. The van der Waals surface area contributed by atoms with Gasteiger partial charge in [0.25, 0.3) is 0 Å². The van der Waals surface area contributed by atoms with Crippen LogP contribution < -0.4 is 4.90 Å². The average molecular weight is 401 g/mol. The van der Waals surface area contributed by atoms with Gasteiger partial charge < -0.3 is 24.5 Å². The Morgan fingerprint density at radius 2 is 2.10 bits per heavy atom. The molecule has 0 saturated carbocycles. The van der Waals surface area contributed by atoms with Crippen LogP contribution in [0.5, 0.6) is 0 Å². The predicted octanol–water partition coefficient (Wildman–Crippen LogP) is 1.30. The third kappa shape index (κ3) is 4.52. The van der Waals surface area contributed by atoms with E-state index in [4.69, 9.17) is 9.57 Å². The van der Waals surface area contributed by atoms with Gasteiger partial charge >= 0.3 is 0 Å². The fraction of sp³-hybridized carbons (Fsp3) is 0.450. The van der Waals surface area contributed by atoms with Crippen molar-refractivity contribution in [1.29, 1.82) is 0 Å². The first-order chi connectivity index (χ1) is 14.1. The number of nitrogens with zero attached hydrogens (tertiary/aromatic N) is 5. The number of anilines is 1. The van der Waals surface area contributed by atoms with E-state index in [9.17, 15) is 9.50 Å². The van der Waals surface area contributed by atoms with Crippen molar-refractivity contribution < 1.29 is 19.1 Å². The summed E-state index contributed by atoms with van der Waals surface area (Å²) in [6.07, 6.45) is 3.23. The normalized spacial score (nSPS) is 19.8. The van der Waals surface area contributed by atoms with E-state index in [2.05, 4.69) is 27.1 Å². The van der Waals surface area contributed by atoms with Gasteiger partial charge in [0.05, 0.1) is 32.0 Å². The zero-order chi connectivity index (χ0) is 20.2. The van der Waals surface area contributed by atoms with Gasteiger partial charge in [0.2, 0.25) is 5.95 Å². The van der Waals surface area contributed by atoms with Crippen LogP contribution in [0.15, 0.2) is 35.7 Å². The molecule has 1 aromatic heterocycles. The van der Waals surface area contributed by atoms with Crippen LogP contribution in [-0.2, 0) is 16.2 Å². The number of rotatable bonds is 6. The fourth-order valence-corrected chi connectivity index (χ4v) is 3.32. The van der Waals surface area contributed by atoms with Crippen LogP contribution in [-0.4, -0.2) is 78.2 Å². The van der Waals surface area contributed by atoms with Gasteiger partial charge in [0.15, 0.2) is 0 Å². The molecule has 0 radical (unpaired) electrons. The number of likely N-dealkylation sites (N-methyl/N-ethyl adjacent to an activating group) is 1. The third-order valence-corrected chi connectivity index (χ3v) is 5.02. The number of benzene rings is 1. The van der Waals surface area contributed by atoms with E-state index in [1.807, 2.05) is 4.90 Å². The Hall–Kier alpha value is -2.62. The van der Waals surface area contributed by atoms with Gasteiger partial charge in [-0.05, 0) is 7.05 Å². The lowest BCUT2D eigenvalue weighted by molar-refractivity contribution is -0.0626. The van der Waals surface area contributed by atoms with Crippen molar-refractivity contribution in [2.45, 2.75) is 12.7 Å². The molecule has 1 unspecified atom stereocenters. The molecule has 154 valence electrons. The highest BCUT2D eigenvalue weighted by Gasteiger charge is 2.26. The molecule has 9 heteroatoms. The minimum Gasteiger partial charge on any atom is -0.393 e. The number of aliphatic hydroxyl groups excluding tert-OH is 1. The molecule has 0 spiro atoms. The largest absolute Gasteiger partial charge is 0.393 e. The standard InChI is InChI=1S/C20H24FN5O3/c1-25-5-6-28-17(11-25)13-29-24-16-9-26(10-16)20-22-7-15(8-23-20)18-4-2-3-14(12-27)19(18)21/h2-4,7-8,17,27H,5-6,9-13H2,1H3. The number of aromatic nitrogens is 2. The predicted molar refractivity (Wildman–Crippen MR) is 106 cm³/mol. The molecule has 1 aromatic carbocycles. The SMILES string of the molecule is CN1CCOC(CON=C2CN(c3ncc(-c4cccc(CO)c4F)cn3)C2)C1. The summed E-state index contributed by atoms with van der Waals surface area (Å²) in [5, 5.41) is 13.4. The quantitative estimate of drug-likeness (QED) is 0.731. The van der Waals surface area contributed by atoms with Crippen LogP contribution in [0.3, 0.4) is 0 Å². The summed E-state index contributed by atoms with van der Waals surface area (Å²) in [5.41, 5.74) is 2.11. The summed E-state index contributed by atoms with van der Waals surface area (Å²) in [5.74, 6) is 0.110. The molecule has 1 atom stereocenters. The minimum atomic E-state index is -0.449. The molecule has 29 heavy (non-hydrogen) atoms. The van der Waals surface area contributed by atoms with Gasteiger partial charge in [0, 0.05) is 42.2 Å². The van der Waals surface area contributed by atoms with Crippen molar-refractivity contribution in [2.24, 2.45) is 5.16 Å². The van der Waals surface area contributed by atoms with Gasteiger partial charge in [-0.15, -0.1) is 0 Å². The van der Waals surface area contributed by atoms with Crippen molar-refractivity contribution >= 4 is 11.7 Å². The van der Waals surface area contributed by atoms with Crippen molar-refractivity contribution in [1.82, 2.24) is 14.9 Å². The molecule has 8 nitrogen and oxygen atoms in total. The topological polar surface area (TPSA) is 83.3 Å². The molecule has 2 fully saturated rings. The lowest BCUT2D eigenvalue weighted by Gasteiger charge is -2.32. The second-order valence-electron chi connectivity index (χ2n) is 7.27. The molecule has 1 N–H and O–H groups in total. The molecular formula is C20H24FN5O3.